The third-order valence-electron chi connectivity index (χ3n) is 1.89. The van der Waals surface area contributed by atoms with Gasteiger partial charge in [-0.25, -0.2) is 4.79 Å². The van der Waals surface area contributed by atoms with Gasteiger partial charge in [0, 0.05) is 6.07 Å². The van der Waals surface area contributed by atoms with Gasteiger partial charge in [0.1, 0.15) is 0 Å². The lowest BCUT2D eigenvalue weighted by Crippen LogP contribution is -2.03. The fraction of sp³-hybridized carbons (Fsp3) is 0.222. The first kappa shape index (κ1) is 11.8. The van der Waals surface area contributed by atoms with E-state index in [-0.39, 0.29) is 11.3 Å². The summed E-state index contributed by atoms with van der Waals surface area (Å²) >= 11 is 0. The number of esters is 1. The Bertz CT molecular complexity index is 442. The maximum absolute atomic E-state index is 11.2. The van der Waals surface area contributed by atoms with Gasteiger partial charge >= 0.3 is 11.7 Å². The van der Waals surface area contributed by atoms with Gasteiger partial charge in [0.15, 0.2) is 5.75 Å². The number of carbonyl (C=O) groups is 1. The molecule has 7 nitrogen and oxygen atoms in total. The van der Waals surface area contributed by atoms with Gasteiger partial charge in [0.2, 0.25) is 5.75 Å². The minimum absolute atomic E-state index is 0.0659. The predicted octanol–water partition coefficient (Wildman–Crippen LogP) is 1.10. The number of methoxy groups -OCH3 is 2. The molecule has 0 fully saturated rings. The number of aromatic hydroxyl groups is 1. The fourth-order valence-corrected chi connectivity index (χ4v) is 1.12. The Hall–Kier alpha value is -2.31. The molecule has 1 aromatic rings. The summed E-state index contributed by atoms with van der Waals surface area (Å²) in [5, 5.41) is 20.0. The number of hydrogen-bond acceptors (Lipinski definition) is 6. The Morgan fingerprint density at radius 2 is 2.06 bits per heavy atom. The second kappa shape index (κ2) is 4.47. The van der Waals surface area contributed by atoms with E-state index in [1.54, 1.807) is 0 Å². The van der Waals surface area contributed by atoms with Crippen molar-refractivity contribution in [1.82, 2.24) is 0 Å². The number of phenolic OH excluding ortho intramolecular Hbond substituents is 1. The van der Waals surface area contributed by atoms with E-state index in [1.165, 1.54) is 7.11 Å². The quantitative estimate of drug-likeness (QED) is 0.471. The van der Waals surface area contributed by atoms with Gasteiger partial charge < -0.3 is 14.6 Å². The van der Waals surface area contributed by atoms with Crippen LogP contribution in [0.25, 0.3) is 0 Å². The number of phenols is 1. The van der Waals surface area contributed by atoms with Gasteiger partial charge in [-0.3, -0.25) is 10.1 Å². The highest BCUT2D eigenvalue weighted by atomic mass is 16.6. The van der Waals surface area contributed by atoms with E-state index in [0.29, 0.717) is 0 Å². The first-order valence-electron chi connectivity index (χ1n) is 4.15. The maximum atomic E-state index is 11.2. The summed E-state index contributed by atoms with van der Waals surface area (Å²) in [6, 6.07) is 2.08. The standard InChI is InChI=1S/C9H9NO6/c1-15-7-4-5(9(12)16-2)3-6(8(7)11)10(13)14/h3-4,11H,1-2H3. The van der Waals surface area contributed by atoms with Gasteiger partial charge in [-0.05, 0) is 6.07 Å². The van der Waals surface area contributed by atoms with Crippen molar-refractivity contribution in [3.63, 3.8) is 0 Å². The number of carbonyl (C=O) groups excluding carboxylic acids is 1. The molecule has 0 saturated heterocycles. The van der Waals surface area contributed by atoms with E-state index in [9.17, 15) is 20.0 Å². The highest BCUT2D eigenvalue weighted by Crippen LogP contribution is 2.36. The minimum Gasteiger partial charge on any atom is -0.500 e. The molecule has 0 heterocycles. The molecule has 0 unspecified atom stereocenters. The van der Waals surface area contributed by atoms with Crippen LogP contribution in [0, 0.1) is 10.1 Å². The molecule has 1 aromatic carbocycles. The molecule has 0 aliphatic carbocycles. The van der Waals surface area contributed by atoms with Crippen LogP contribution in [0.15, 0.2) is 12.1 Å². The molecule has 86 valence electrons. The second-order valence-electron chi connectivity index (χ2n) is 2.79. The first-order chi connectivity index (χ1) is 7.51. The lowest BCUT2D eigenvalue weighted by molar-refractivity contribution is -0.386. The topological polar surface area (TPSA) is 98.9 Å². The lowest BCUT2D eigenvalue weighted by atomic mass is 10.1. The van der Waals surface area contributed by atoms with Crippen LogP contribution in [-0.4, -0.2) is 30.2 Å². The number of ether oxygens (including phenoxy) is 2. The van der Waals surface area contributed by atoms with Crippen LogP contribution in [0.2, 0.25) is 0 Å². The highest BCUT2D eigenvalue weighted by Gasteiger charge is 2.22. The number of rotatable bonds is 3. The van der Waals surface area contributed by atoms with Crippen LogP contribution in [0.4, 0.5) is 5.69 Å². The van der Waals surface area contributed by atoms with Crippen LogP contribution in [0.1, 0.15) is 10.4 Å². The van der Waals surface area contributed by atoms with E-state index >= 15 is 0 Å². The average molecular weight is 227 g/mol. The van der Waals surface area contributed by atoms with E-state index < -0.39 is 22.3 Å². The molecule has 16 heavy (non-hydrogen) atoms. The molecule has 0 aliphatic heterocycles. The Morgan fingerprint density at radius 1 is 1.44 bits per heavy atom. The van der Waals surface area contributed by atoms with Crippen molar-refractivity contribution in [3.05, 3.63) is 27.8 Å². The molecule has 0 amide bonds. The minimum atomic E-state index is -0.815. The van der Waals surface area contributed by atoms with Crippen molar-refractivity contribution in [2.75, 3.05) is 14.2 Å². The van der Waals surface area contributed by atoms with Crippen molar-refractivity contribution in [1.29, 1.82) is 0 Å². The lowest BCUT2D eigenvalue weighted by Gasteiger charge is -2.06. The van der Waals surface area contributed by atoms with Crippen LogP contribution in [0.3, 0.4) is 0 Å². The zero-order chi connectivity index (χ0) is 12.3. The van der Waals surface area contributed by atoms with Crippen molar-refractivity contribution < 1.29 is 24.3 Å². The van der Waals surface area contributed by atoms with E-state index in [1.807, 2.05) is 0 Å². The zero-order valence-corrected chi connectivity index (χ0v) is 8.59. The Balaban J connectivity index is 3.40. The van der Waals surface area contributed by atoms with Crippen LogP contribution in [0.5, 0.6) is 11.5 Å². The summed E-state index contributed by atoms with van der Waals surface area (Å²) in [6.07, 6.45) is 0. The first-order valence-corrected chi connectivity index (χ1v) is 4.15. The van der Waals surface area contributed by atoms with E-state index in [0.717, 1.165) is 19.2 Å². The maximum Gasteiger partial charge on any atom is 0.338 e. The summed E-state index contributed by atoms with van der Waals surface area (Å²) in [5.41, 5.74) is -0.677. The van der Waals surface area contributed by atoms with Gasteiger partial charge in [0.25, 0.3) is 0 Å². The summed E-state index contributed by atoms with van der Waals surface area (Å²) in [5.74, 6) is -1.53. The van der Waals surface area contributed by atoms with Crippen LogP contribution < -0.4 is 4.74 Å². The van der Waals surface area contributed by atoms with Gasteiger partial charge in [-0.2, -0.15) is 0 Å². The number of nitro groups is 1. The number of nitrogens with zero attached hydrogens (tertiary/aromatic N) is 1. The Kier molecular flexibility index (Phi) is 3.29. The van der Waals surface area contributed by atoms with Crippen molar-refractivity contribution >= 4 is 11.7 Å². The second-order valence-corrected chi connectivity index (χ2v) is 2.79. The smallest absolute Gasteiger partial charge is 0.338 e. The van der Waals surface area contributed by atoms with E-state index in [4.69, 9.17) is 4.74 Å². The van der Waals surface area contributed by atoms with Crippen molar-refractivity contribution in [3.8, 4) is 11.5 Å². The van der Waals surface area contributed by atoms with Crippen molar-refractivity contribution in [2.45, 2.75) is 0 Å². The average Bonchev–Trinajstić information content (AvgIpc) is 2.27. The summed E-state index contributed by atoms with van der Waals surface area (Å²) in [6.45, 7) is 0. The van der Waals surface area contributed by atoms with Gasteiger partial charge in [-0.15, -0.1) is 0 Å². The van der Waals surface area contributed by atoms with Gasteiger partial charge in [0.05, 0.1) is 24.7 Å². The molecular weight excluding hydrogens is 218 g/mol. The molecule has 0 aromatic heterocycles. The molecular formula is C9H9NO6. The van der Waals surface area contributed by atoms with Crippen LogP contribution >= 0.6 is 0 Å². The molecule has 1 N–H and O–H groups in total. The van der Waals surface area contributed by atoms with Crippen LogP contribution in [-0.2, 0) is 4.74 Å². The molecule has 7 heteroatoms. The monoisotopic (exact) mass is 227 g/mol. The molecule has 0 atom stereocenters. The molecule has 0 saturated carbocycles. The molecule has 0 radical (unpaired) electrons. The molecule has 1 rings (SSSR count). The number of hydrogen-bond donors (Lipinski definition) is 1. The molecule has 0 bridgehead atoms. The summed E-state index contributed by atoms with van der Waals surface area (Å²) in [7, 11) is 2.37. The third-order valence-corrected chi connectivity index (χ3v) is 1.89. The fourth-order valence-electron chi connectivity index (χ4n) is 1.12. The largest absolute Gasteiger partial charge is 0.500 e. The summed E-state index contributed by atoms with van der Waals surface area (Å²) in [4.78, 5) is 21.0. The third kappa shape index (κ3) is 2.02. The predicted molar refractivity (Wildman–Crippen MR) is 52.7 cm³/mol. The Morgan fingerprint density at radius 3 is 2.50 bits per heavy atom. The van der Waals surface area contributed by atoms with Crippen molar-refractivity contribution in [2.24, 2.45) is 0 Å². The van der Waals surface area contributed by atoms with E-state index in [2.05, 4.69) is 4.74 Å². The number of nitro benzene ring substituents is 1. The highest BCUT2D eigenvalue weighted by molar-refractivity contribution is 5.91. The molecule has 0 aliphatic rings. The SMILES string of the molecule is COC(=O)c1cc(OC)c(O)c([N+](=O)[O-])c1. The number of benzene rings is 1. The zero-order valence-electron chi connectivity index (χ0n) is 8.59. The normalized spacial score (nSPS) is 9.62. The molecule has 0 spiro atoms. The summed E-state index contributed by atoms with van der Waals surface area (Å²) < 4.78 is 9.12. The van der Waals surface area contributed by atoms with Gasteiger partial charge in [-0.1, -0.05) is 0 Å². The Labute approximate surface area is 90.4 Å².